The Hall–Kier alpha value is -1.59. The molecular weight excluding hydrogens is 224 g/mol. The topological polar surface area (TPSA) is 86.7 Å². The molecule has 0 unspecified atom stereocenters. The molecule has 6 heteroatoms. The smallest absolute Gasteiger partial charge is 0.309 e. The predicted octanol–water partition coefficient (Wildman–Crippen LogP) is -0.164. The molecule has 1 rings (SSSR count). The monoisotopic (exact) mass is 242 g/mol. The fourth-order valence-corrected chi connectivity index (χ4v) is 1.58. The first-order valence-corrected chi connectivity index (χ1v) is 5.61. The van der Waals surface area contributed by atoms with Gasteiger partial charge in [0, 0.05) is 32.5 Å². The van der Waals surface area contributed by atoms with Crippen LogP contribution in [0.25, 0.3) is 0 Å². The lowest BCUT2D eigenvalue weighted by Gasteiger charge is -2.24. The molecule has 0 spiro atoms. The van der Waals surface area contributed by atoms with Gasteiger partial charge in [0.2, 0.25) is 11.8 Å². The molecule has 96 valence electrons. The Morgan fingerprint density at radius 2 is 2.06 bits per heavy atom. The van der Waals surface area contributed by atoms with Crippen LogP contribution in [0, 0.1) is 5.41 Å². The molecule has 1 aliphatic rings. The van der Waals surface area contributed by atoms with E-state index in [4.69, 9.17) is 5.11 Å². The third-order valence-electron chi connectivity index (χ3n) is 2.84. The van der Waals surface area contributed by atoms with Crippen LogP contribution in [-0.4, -0.2) is 47.4 Å². The minimum absolute atomic E-state index is 0.0451. The van der Waals surface area contributed by atoms with Crippen molar-refractivity contribution in [1.82, 2.24) is 10.2 Å². The molecular formula is C11H18N2O4. The van der Waals surface area contributed by atoms with E-state index in [9.17, 15) is 14.4 Å². The molecule has 0 aromatic rings. The van der Waals surface area contributed by atoms with Crippen LogP contribution in [-0.2, 0) is 14.4 Å². The highest BCUT2D eigenvalue weighted by Gasteiger charge is 2.32. The van der Waals surface area contributed by atoms with Crippen molar-refractivity contribution >= 4 is 17.8 Å². The Labute approximate surface area is 100.0 Å². The summed E-state index contributed by atoms with van der Waals surface area (Å²) < 4.78 is 0. The van der Waals surface area contributed by atoms with Gasteiger partial charge in [-0.15, -0.1) is 0 Å². The van der Waals surface area contributed by atoms with Gasteiger partial charge >= 0.3 is 5.97 Å². The van der Waals surface area contributed by atoms with Gasteiger partial charge in [-0.3, -0.25) is 14.4 Å². The summed E-state index contributed by atoms with van der Waals surface area (Å²) >= 11 is 0. The second-order valence-electron chi connectivity index (χ2n) is 4.85. The molecule has 0 bridgehead atoms. The highest BCUT2D eigenvalue weighted by atomic mass is 16.4. The summed E-state index contributed by atoms with van der Waals surface area (Å²) in [6.45, 7) is 4.28. The Balaban J connectivity index is 2.58. The maximum absolute atomic E-state index is 11.9. The highest BCUT2D eigenvalue weighted by molar-refractivity contribution is 5.85. The summed E-state index contributed by atoms with van der Waals surface area (Å²) in [7, 11) is 0. The number of carboxylic acids is 1. The first-order valence-electron chi connectivity index (χ1n) is 5.61. The molecule has 0 radical (unpaired) electrons. The van der Waals surface area contributed by atoms with Crippen LogP contribution < -0.4 is 5.32 Å². The minimum atomic E-state index is -1.07. The molecule has 1 fully saturated rings. The zero-order valence-electron chi connectivity index (χ0n) is 10.2. The summed E-state index contributed by atoms with van der Waals surface area (Å²) in [6.07, 6.45) is 0.232. The van der Waals surface area contributed by atoms with Gasteiger partial charge in [-0.2, -0.15) is 0 Å². The number of carboxylic acid groups (broad SMARTS) is 1. The van der Waals surface area contributed by atoms with Gasteiger partial charge in [0.15, 0.2) is 0 Å². The van der Waals surface area contributed by atoms with Crippen molar-refractivity contribution in [3.63, 3.8) is 0 Å². The molecule has 17 heavy (non-hydrogen) atoms. The average Bonchev–Trinajstić information content (AvgIpc) is 2.42. The number of aliphatic carboxylic acids is 1. The second-order valence-corrected chi connectivity index (χ2v) is 4.85. The van der Waals surface area contributed by atoms with Crippen molar-refractivity contribution in [3.8, 4) is 0 Å². The maximum atomic E-state index is 11.9. The molecule has 2 amide bonds. The Morgan fingerprint density at radius 1 is 1.41 bits per heavy atom. The number of nitrogens with one attached hydrogen (secondary N) is 1. The van der Waals surface area contributed by atoms with Crippen molar-refractivity contribution in [2.24, 2.45) is 5.41 Å². The van der Waals surface area contributed by atoms with Crippen molar-refractivity contribution in [2.45, 2.75) is 26.7 Å². The second kappa shape index (κ2) is 5.16. The molecule has 1 saturated heterocycles. The van der Waals surface area contributed by atoms with E-state index in [0.717, 1.165) is 0 Å². The molecule has 0 aromatic heterocycles. The lowest BCUT2D eigenvalue weighted by molar-refractivity contribution is -0.151. The zero-order chi connectivity index (χ0) is 13.1. The molecule has 0 atom stereocenters. The van der Waals surface area contributed by atoms with Gasteiger partial charge in [0.05, 0.1) is 5.41 Å². The van der Waals surface area contributed by atoms with Crippen LogP contribution in [0.5, 0.6) is 0 Å². The molecule has 0 aliphatic carbocycles. The van der Waals surface area contributed by atoms with Crippen LogP contribution in [0.3, 0.4) is 0 Å². The van der Waals surface area contributed by atoms with Crippen LogP contribution in [0.1, 0.15) is 26.7 Å². The van der Waals surface area contributed by atoms with E-state index in [0.29, 0.717) is 19.6 Å². The number of nitrogens with zero attached hydrogens (tertiary/aromatic N) is 1. The number of carbonyl (C=O) groups excluding carboxylic acids is 2. The number of amides is 2. The van der Waals surface area contributed by atoms with E-state index < -0.39 is 11.4 Å². The minimum Gasteiger partial charge on any atom is -0.481 e. The van der Waals surface area contributed by atoms with Crippen molar-refractivity contribution in [2.75, 3.05) is 19.6 Å². The quantitative estimate of drug-likeness (QED) is 0.719. The summed E-state index contributed by atoms with van der Waals surface area (Å²) in [5.41, 5.74) is -1.07. The fraction of sp³-hybridized carbons (Fsp3) is 0.727. The van der Waals surface area contributed by atoms with Gasteiger partial charge in [0.25, 0.3) is 0 Å². The molecule has 1 aliphatic heterocycles. The number of hydrogen-bond donors (Lipinski definition) is 2. The van der Waals surface area contributed by atoms with E-state index >= 15 is 0 Å². The van der Waals surface area contributed by atoms with E-state index in [2.05, 4.69) is 5.32 Å². The normalized spacial score (nSPS) is 17.3. The first-order chi connectivity index (χ1) is 7.83. The van der Waals surface area contributed by atoms with Crippen molar-refractivity contribution < 1.29 is 19.5 Å². The zero-order valence-corrected chi connectivity index (χ0v) is 10.2. The number of hydrogen-bond acceptors (Lipinski definition) is 3. The summed E-state index contributed by atoms with van der Waals surface area (Å²) in [5.74, 6) is -1.28. The first kappa shape index (κ1) is 13.5. The Kier molecular flexibility index (Phi) is 4.09. The van der Waals surface area contributed by atoms with Gasteiger partial charge in [-0.1, -0.05) is 0 Å². The van der Waals surface area contributed by atoms with E-state index in [1.165, 1.54) is 13.8 Å². The van der Waals surface area contributed by atoms with Crippen molar-refractivity contribution in [3.05, 3.63) is 0 Å². The third-order valence-corrected chi connectivity index (χ3v) is 2.84. The molecule has 2 N–H and O–H groups in total. The predicted molar refractivity (Wildman–Crippen MR) is 60.2 cm³/mol. The van der Waals surface area contributed by atoms with Crippen LogP contribution in [0.4, 0.5) is 0 Å². The lowest BCUT2D eigenvalue weighted by atomic mass is 9.89. The number of carbonyl (C=O) groups is 3. The van der Waals surface area contributed by atoms with E-state index in [1.54, 1.807) is 4.90 Å². The number of rotatable bonds is 3. The maximum Gasteiger partial charge on any atom is 0.309 e. The summed E-state index contributed by atoms with van der Waals surface area (Å²) in [4.78, 5) is 35.5. The molecule has 0 saturated carbocycles. The molecule has 0 aromatic carbocycles. The summed E-state index contributed by atoms with van der Waals surface area (Å²) in [5, 5.41) is 11.6. The van der Waals surface area contributed by atoms with E-state index in [1.807, 2.05) is 0 Å². The standard InChI is InChI=1S/C11H18N2O4/c1-11(2,10(16)17)7-9(15)13-5-3-8(14)12-4-6-13/h3-7H2,1-2H3,(H,12,14)(H,16,17). The van der Waals surface area contributed by atoms with Gasteiger partial charge < -0.3 is 15.3 Å². The molecule has 1 heterocycles. The largest absolute Gasteiger partial charge is 0.481 e. The van der Waals surface area contributed by atoms with Crippen LogP contribution in [0.15, 0.2) is 0 Å². The highest BCUT2D eigenvalue weighted by Crippen LogP contribution is 2.21. The SMILES string of the molecule is CC(C)(CC(=O)N1CCNC(=O)CC1)C(=O)O. The van der Waals surface area contributed by atoms with Gasteiger partial charge in [-0.05, 0) is 13.8 Å². The Bertz CT molecular complexity index is 338. The molecule has 6 nitrogen and oxygen atoms in total. The van der Waals surface area contributed by atoms with Crippen LogP contribution >= 0.6 is 0 Å². The van der Waals surface area contributed by atoms with Gasteiger partial charge in [0.1, 0.15) is 0 Å². The average molecular weight is 242 g/mol. The third kappa shape index (κ3) is 3.72. The van der Waals surface area contributed by atoms with E-state index in [-0.39, 0.29) is 24.7 Å². The Morgan fingerprint density at radius 3 is 2.65 bits per heavy atom. The summed E-state index contributed by atoms with van der Waals surface area (Å²) in [6, 6.07) is 0. The van der Waals surface area contributed by atoms with Crippen LogP contribution in [0.2, 0.25) is 0 Å². The van der Waals surface area contributed by atoms with Gasteiger partial charge in [-0.25, -0.2) is 0 Å². The fourth-order valence-electron chi connectivity index (χ4n) is 1.58. The lowest BCUT2D eigenvalue weighted by Crippen LogP contribution is -2.38. The van der Waals surface area contributed by atoms with Crippen molar-refractivity contribution in [1.29, 1.82) is 0 Å².